The van der Waals surface area contributed by atoms with E-state index in [-0.39, 0.29) is 6.10 Å². The van der Waals surface area contributed by atoms with Crippen molar-refractivity contribution in [2.45, 2.75) is 38.8 Å². The number of carbonyl (C=O) groups is 1. The average molecular weight is 249 g/mol. The maximum absolute atomic E-state index is 11.2. The maximum atomic E-state index is 11.2. The van der Waals surface area contributed by atoms with Gasteiger partial charge in [-0.05, 0) is 39.3 Å². The molecule has 0 saturated carbocycles. The van der Waals surface area contributed by atoms with Crippen molar-refractivity contribution in [3.05, 3.63) is 23.5 Å². The second kappa shape index (κ2) is 5.35. The van der Waals surface area contributed by atoms with Gasteiger partial charge in [0.15, 0.2) is 0 Å². The molecule has 0 bridgehead atoms. The zero-order valence-corrected chi connectivity index (χ0v) is 10.8. The number of aromatic nitrogens is 1. The van der Waals surface area contributed by atoms with E-state index in [0.717, 1.165) is 13.0 Å². The number of nitrogens with one attached hydrogen (secondary N) is 1. The first-order chi connectivity index (χ1) is 8.58. The van der Waals surface area contributed by atoms with Crippen LogP contribution in [0.1, 0.15) is 35.8 Å². The Bertz CT molecular complexity index is 442. The first-order valence-corrected chi connectivity index (χ1v) is 6.24. The Morgan fingerprint density at radius 3 is 3.06 bits per heavy atom. The van der Waals surface area contributed by atoms with Crippen molar-refractivity contribution in [1.29, 1.82) is 0 Å². The van der Waals surface area contributed by atoms with Gasteiger partial charge < -0.3 is 15.8 Å². The van der Waals surface area contributed by atoms with E-state index in [2.05, 4.69) is 10.3 Å². The Morgan fingerprint density at radius 2 is 2.44 bits per heavy atom. The molecule has 2 atom stereocenters. The van der Waals surface area contributed by atoms with Gasteiger partial charge in [0.2, 0.25) is 0 Å². The fourth-order valence-electron chi connectivity index (χ4n) is 2.24. The number of pyridine rings is 1. The van der Waals surface area contributed by atoms with Gasteiger partial charge in [-0.25, -0.2) is 0 Å². The van der Waals surface area contributed by atoms with Gasteiger partial charge in [-0.15, -0.1) is 0 Å². The van der Waals surface area contributed by atoms with E-state index >= 15 is 0 Å². The van der Waals surface area contributed by atoms with Crippen molar-refractivity contribution in [3.63, 3.8) is 0 Å². The third kappa shape index (κ3) is 2.79. The molecule has 98 valence electrons. The largest absolute Gasteiger partial charge is 0.487 e. The van der Waals surface area contributed by atoms with Crippen molar-refractivity contribution in [2.75, 3.05) is 6.54 Å². The lowest BCUT2D eigenvalue weighted by atomic mass is 10.1. The Labute approximate surface area is 107 Å². The lowest BCUT2D eigenvalue weighted by Gasteiger charge is -2.21. The molecule has 2 heterocycles. The van der Waals surface area contributed by atoms with Crippen LogP contribution >= 0.6 is 0 Å². The van der Waals surface area contributed by atoms with Crippen LogP contribution in [0.3, 0.4) is 0 Å². The van der Waals surface area contributed by atoms with Crippen LogP contribution < -0.4 is 15.8 Å². The van der Waals surface area contributed by atoms with Gasteiger partial charge in [0, 0.05) is 6.04 Å². The van der Waals surface area contributed by atoms with Crippen LogP contribution in [0.5, 0.6) is 5.75 Å². The van der Waals surface area contributed by atoms with Gasteiger partial charge in [0.25, 0.3) is 5.91 Å². The van der Waals surface area contributed by atoms with Crippen LogP contribution in [0, 0.1) is 6.92 Å². The topological polar surface area (TPSA) is 77.2 Å². The van der Waals surface area contributed by atoms with Gasteiger partial charge in [0.1, 0.15) is 11.9 Å². The van der Waals surface area contributed by atoms with Crippen LogP contribution in [0.4, 0.5) is 0 Å². The fourth-order valence-corrected chi connectivity index (χ4v) is 2.24. The Morgan fingerprint density at radius 1 is 1.67 bits per heavy atom. The standard InChI is InChI=1S/C13H19N3O2/c1-8-11(13(14)17)6-10(7-16-8)18-9(2)12-4-3-5-15-12/h6-7,9,12,15H,3-5H2,1-2H3,(H2,14,17)/t9?,12-/m0/s1. The molecule has 1 aromatic heterocycles. The molecule has 1 aromatic rings. The van der Waals surface area contributed by atoms with E-state index in [1.807, 2.05) is 6.92 Å². The number of hydrogen-bond acceptors (Lipinski definition) is 4. The lowest BCUT2D eigenvalue weighted by molar-refractivity contribution is 0.0998. The predicted octanol–water partition coefficient (Wildman–Crippen LogP) is 1.01. The molecule has 1 unspecified atom stereocenters. The summed E-state index contributed by atoms with van der Waals surface area (Å²) in [5.74, 6) is 0.118. The summed E-state index contributed by atoms with van der Waals surface area (Å²) in [5.41, 5.74) is 6.33. The van der Waals surface area contributed by atoms with E-state index in [1.165, 1.54) is 6.42 Å². The van der Waals surface area contributed by atoms with Crippen LogP contribution in [0.2, 0.25) is 0 Å². The summed E-state index contributed by atoms with van der Waals surface area (Å²) in [7, 11) is 0. The monoisotopic (exact) mass is 249 g/mol. The molecule has 5 heteroatoms. The lowest BCUT2D eigenvalue weighted by Crippen LogP contribution is -2.36. The second-order valence-electron chi connectivity index (χ2n) is 4.69. The summed E-state index contributed by atoms with van der Waals surface area (Å²) in [6.07, 6.45) is 3.98. The van der Waals surface area contributed by atoms with E-state index in [4.69, 9.17) is 10.5 Å². The summed E-state index contributed by atoms with van der Waals surface area (Å²) in [6, 6.07) is 2.03. The van der Waals surface area contributed by atoms with E-state index in [1.54, 1.807) is 19.2 Å². The van der Waals surface area contributed by atoms with Gasteiger partial charge >= 0.3 is 0 Å². The van der Waals surface area contributed by atoms with Crippen molar-refractivity contribution < 1.29 is 9.53 Å². The molecule has 1 aliphatic heterocycles. The molecule has 0 radical (unpaired) electrons. The highest BCUT2D eigenvalue weighted by atomic mass is 16.5. The first-order valence-electron chi connectivity index (χ1n) is 6.24. The third-order valence-electron chi connectivity index (χ3n) is 3.31. The number of nitrogens with two attached hydrogens (primary N) is 1. The Hall–Kier alpha value is -1.62. The molecule has 3 N–H and O–H groups in total. The number of amides is 1. The van der Waals surface area contributed by atoms with Crippen molar-refractivity contribution >= 4 is 5.91 Å². The molecule has 1 fully saturated rings. The van der Waals surface area contributed by atoms with Gasteiger partial charge in [-0.2, -0.15) is 0 Å². The minimum absolute atomic E-state index is 0.0535. The van der Waals surface area contributed by atoms with Crippen LogP contribution in [-0.4, -0.2) is 29.6 Å². The highest BCUT2D eigenvalue weighted by molar-refractivity contribution is 5.94. The first kappa shape index (κ1) is 12.8. The summed E-state index contributed by atoms with van der Waals surface area (Å²) in [6.45, 7) is 4.82. The second-order valence-corrected chi connectivity index (χ2v) is 4.69. The van der Waals surface area contributed by atoms with E-state index in [0.29, 0.717) is 23.0 Å². The third-order valence-corrected chi connectivity index (χ3v) is 3.31. The molecule has 1 saturated heterocycles. The molecular formula is C13H19N3O2. The highest BCUT2D eigenvalue weighted by Crippen LogP contribution is 2.19. The molecule has 5 nitrogen and oxygen atoms in total. The van der Waals surface area contributed by atoms with Crippen molar-refractivity contribution in [1.82, 2.24) is 10.3 Å². The molecule has 0 spiro atoms. The van der Waals surface area contributed by atoms with Crippen LogP contribution in [-0.2, 0) is 0 Å². The average Bonchev–Trinajstić information content (AvgIpc) is 2.85. The Kier molecular flexibility index (Phi) is 3.81. The molecule has 0 aliphatic carbocycles. The summed E-state index contributed by atoms with van der Waals surface area (Å²) >= 11 is 0. The maximum Gasteiger partial charge on any atom is 0.250 e. The number of nitrogens with zero attached hydrogens (tertiary/aromatic N) is 1. The predicted molar refractivity (Wildman–Crippen MR) is 68.6 cm³/mol. The SMILES string of the molecule is Cc1ncc(OC(C)[C@@H]2CCCN2)cc1C(N)=O. The number of ether oxygens (including phenoxy) is 1. The molecule has 1 amide bonds. The molecular weight excluding hydrogens is 230 g/mol. The summed E-state index contributed by atoms with van der Waals surface area (Å²) in [4.78, 5) is 15.4. The van der Waals surface area contributed by atoms with Crippen LogP contribution in [0.15, 0.2) is 12.3 Å². The minimum Gasteiger partial charge on any atom is -0.487 e. The summed E-state index contributed by atoms with van der Waals surface area (Å²) in [5, 5.41) is 3.39. The number of rotatable bonds is 4. The van der Waals surface area contributed by atoms with Gasteiger partial charge in [0.05, 0.1) is 17.5 Å². The zero-order chi connectivity index (χ0) is 13.1. The molecule has 2 rings (SSSR count). The number of carbonyl (C=O) groups excluding carboxylic acids is 1. The smallest absolute Gasteiger partial charge is 0.250 e. The molecule has 1 aliphatic rings. The highest BCUT2D eigenvalue weighted by Gasteiger charge is 2.22. The van der Waals surface area contributed by atoms with Crippen molar-refractivity contribution in [2.24, 2.45) is 5.73 Å². The number of primary amides is 1. The quantitative estimate of drug-likeness (QED) is 0.834. The van der Waals surface area contributed by atoms with E-state index in [9.17, 15) is 4.79 Å². The fraction of sp³-hybridized carbons (Fsp3) is 0.538. The summed E-state index contributed by atoms with van der Waals surface area (Å²) < 4.78 is 5.81. The zero-order valence-electron chi connectivity index (χ0n) is 10.8. The van der Waals surface area contributed by atoms with Gasteiger partial charge in [-0.1, -0.05) is 0 Å². The van der Waals surface area contributed by atoms with Crippen molar-refractivity contribution in [3.8, 4) is 5.75 Å². The molecule has 0 aromatic carbocycles. The normalized spacial score (nSPS) is 20.7. The van der Waals surface area contributed by atoms with E-state index < -0.39 is 5.91 Å². The van der Waals surface area contributed by atoms with Crippen LogP contribution in [0.25, 0.3) is 0 Å². The molecule has 18 heavy (non-hydrogen) atoms. The Balaban J connectivity index is 2.09. The number of aryl methyl sites for hydroxylation is 1. The minimum atomic E-state index is -0.475. The number of hydrogen-bond donors (Lipinski definition) is 2. The van der Waals surface area contributed by atoms with Gasteiger partial charge in [-0.3, -0.25) is 9.78 Å².